The number of aliphatic carboxylic acids is 1. The van der Waals surface area contributed by atoms with E-state index in [0.717, 1.165) is 30.4 Å². The van der Waals surface area contributed by atoms with E-state index in [1.807, 2.05) is 31.2 Å². The monoisotopic (exact) mass is 275 g/mol. The Bertz CT molecular complexity index is 498. The zero-order valence-electron chi connectivity index (χ0n) is 11.8. The van der Waals surface area contributed by atoms with Crippen LogP contribution < -0.4 is 5.32 Å². The van der Waals surface area contributed by atoms with Crippen molar-refractivity contribution in [2.75, 3.05) is 6.54 Å². The Morgan fingerprint density at radius 3 is 2.75 bits per heavy atom. The second kappa shape index (κ2) is 6.55. The minimum absolute atomic E-state index is 0.0321. The summed E-state index contributed by atoms with van der Waals surface area (Å²) in [6.45, 7) is 2.46. The van der Waals surface area contributed by atoms with Gasteiger partial charge in [-0.1, -0.05) is 30.7 Å². The van der Waals surface area contributed by atoms with E-state index in [4.69, 9.17) is 5.11 Å². The highest BCUT2D eigenvalue weighted by Crippen LogP contribution is 2.31. The number of hydrogen-bond acceptors (Lipinski definition) is 2. The molecule has 2 rings (SSSR count). The fraction of sp³-hybridized carbons (Fsp3) is 0.500. The van der Waals surface area contributed by atoms with E-state index in [1.54, 1.807) is 0 Å². The molecule has 2 unspecified atom stereocenters. The van der Waals surface area contributed by atoms with Crippen LogP contribution in [0.5, 0.6) is 0 Å². The Kier molecular flexibility index (Phi) is 4.77. The predicted octanol–water partition coefficient (Wildman–Crippen LogP) is 2.15. The molecule has 1 saturated carbocycles. The van der Waals surface area contributed by atoms with Gasteiger partial charge < -0.3 is 10.4 Å². The fourth-order valence-electron chi connectivity index (χ4n) is 2.90. The Labute approximate surface area is 119 Å². The second-order valence-corrected chi connectivity index (χ2v) is 5.54. The van der Waals surface area contributed by atoms with Crippen LogP contribution in [0.4, 0.5) is 0 Å². The summed E-state index contributed by atoms with van der Waals surface area (Å²) in [5, 5.41) is 12.0. The predicted molar refractivity (Wildman–Crippen MR) is 76.4 cm³/mol. The van der Waals surface area contributed by atoms with Crippen LogP contribution in [0.25, 0.3) is 0 Å². The van der Waals surface area contributed by atoms with Crippen LogP contribution in [0.3, 0.4) is 0 Å². The van der Waals surface area contributed by atoms with E-state index >= 15 is 0 Å². The molecule has 0 aromatic heterocycles. The molecular weight excluding hydrogens is 254 g/mol. The van der Waals surface area contributed by atoms with Crippen LogP contribution in [-0.4, -0.2) is 23.5 Å². The summed E-state index contributed by atoms with van der Waals surface area (Å²) in [5.74, 6) is -0.988. The van der Waals surface area contributed by atoms with Gasteiger partial charge in [0.2, 0.25) is 5.91 Å². The molecule has 2 atom stereocenters. The number of carbonyl (C=O) groups excluding carboxylic acids is 1. The third kappa shape index (κ3) is 3.59. The van der Waals surface area contributed by atoms with Gasteiger partial charge in [-0.05, 0) is 36.8 Å². The summed E-state index contributed by atoms with van der Waals surface area (Å²) < 4.78 is 0. The molecule has 1 aromatic carbocycles. The molecule has 0 heterocycles. The van der Waals surface area contributed by atoms with Crippen molar-refractivity contribution < 1.29 is 14.7 Å². The molecule has 2 N–H and O–H groups in total. The molecule has 1 fully saturated rings. The second-order valence-electron chi connectivity index (χ2n) is 5.54. The van der Waals surface area contributed by atoms with Gasteiger partial charge in [-0.2, -0.15) is 0 Å². The van der Waals surface area contributed by atoms with Crippen molar-refractivity contribution in [1.82, 2.24) is 5.32 Å². The van der Waals surface area contributed by atoms with Crippen LogP contribution in [0.15, 0.2) is 24.3 Å². The smallest absolute Gasteiger partial charge is 0.306 e. The number of hydrogen-bond donors (Lipinski definition) is 2. The lowest BCUT2D eigenvalue weighted by molar-refractivity contribution is -0.143. The van der Waals surface area contributed by atoms with Gasteiger partial charge in [-0.25, -0.2) is 0 Å². The van der Waals surface area contributed by atoms with Gasteiger partial charge in [0, 0.05) is 6.54 Å². The molecule has 20 heavy (non-hydrogen) atoms. The highest BCUT2D eigenvalue weighted by atomic mass is 16.4. The molecule has 0 radical (unpaired) electrons. The number of carboxylic acid groups (broad SMARTS) is 1. The quantitative estimate of drug-likeness (QED) is 0.865. The van der Waals surface area contributed by atoms with E-state index in [0.29, 0.717) is 13.0 Å². The van der Waals surface area contributed by atoms with Crippen molar-refractivity contribution in [2.24, 2.45) is 11.8 Å². The first-order valence-electron chi connectivity index (χ1n) is 7.12. The summed E-state index contributed by atoms with van der Waals surface area (Å²) in [7, 11) is 0. The molecule has 4 heteroatoms. The van der Waals surface area contributed by atoms with Crippen LogP contribution in [0.1, 0.15) is 30.4 Å². The molecule has 0 bridgehead atoms. The van der Waals surface area contributed by atoms with E-state index in [-0.39, 0.29) is 17.7 Å². The van der Waals surface area contributed by atoms with Gasteiger partial charge in [0.1, 0.15) is 0 Å². The van der Waals surface area contributed by atoms with Gasteiger partial charge >= 0.3 is 5.97 Å². The van der Waals surface area contributed by atoms with E-state index in [1.165, 1.54) is 0 Å². The van der Waals surface area contributed by atoms with Crippen LogP contribution in [0.2, 0.25) is 0 Å². The van der Waals surface area contributed by atoms with Gasteiger partial charge in [-0.3, -0.25) is 9.59 Å². The average Bonchev–Trinajstić information content (AvgIpc) is 2.88. The minimum Gasteiger partial charge on any atom is -0.481 e. The SMILES string of the molecule is Cc1ccccc1CC(=O)NCC1CCCC1C(=O)O. The first-order valence-corrected chi connectivity index (χ1v) is 7.12. The van der Waals surface area contributed by atoms with Crippen molar-refractivity contribution in [2.45, 2.75) is 32.6 Å². The first-order chi connectivity index (χ1) is 9.58. The maximum Gasteiger partial charge on any atom is 0.306 e. The van der Waals surface area contributed by atoms with Crippen LogP contribution in [0, 0.1) is 18.8 Å². The van der Waals surface area contributed by atoms with Crippen molar-refractivity contribution >= 4 is 11.9 Å². The van der Waals surface area contributed by atoms with Crippen LogP contribution in [-0.2, 0) is 16.0 Å². The summed E-state index contributed by atoms with van der Waals surface area (Å²) >= 11 is 0. The van der Waals surface area contributed by atoms with Gasteiger partial charge in [0.25, 0.3) is 0 Å². The lowest BCUT2D eigenvalue weighted by Gasteiger charge is -2.16. The van der Waals surface area contributed by atoms with E-state index in [2.05, 4.69) is 5.32 Å². The standard InChI is InChI=1S/C16H21NO3/c1-11-5-2-3-6-12(11)9-15(18)17-10-13-7-4-8-14(13)16(19)20/h2-3,5-6,13-14H,4,7-10H2,1H3,(H,17,18)(H,19,20). The van der Waals surface area contributed by atoms with E-state index in [9.17, 15) is 9.59 Å². The van der Waals surface area contributed by atoms with Gasteiger partial charge in [-0.15, -0.1) is 0 Å². The molecule has 108 valence electrons. The fourth-order valence-corrected chi connectivity index (χ4v) is 2.90. The van der Waals surface area contributed by atoms with Crippen molar-refractivity contribution in [3.63, 3.8) is 0 Å². The first kappa shape index (κ1) is 14.6. The van der Waals surface area contributed by atoms with Gasteiger partial charge in [0.05, 0.1) is 12.3 Å². The summed E-state index contributed by atoms with van der Waals surface area (Å²) in [6, 6.07) is 7.81. The normalized spacial score (nSPS) is 21.6. The Balaban J connectivity index is 1.84. The highest BCUT2D eigenvalue weighted by Gasteiger charge is 2.32. The average molecular weight is 275 g/mol. The summed E-state index contributed by atoms with van der Waals surface area (Å²) in [5.41, 5.74) is 2.12. The topological polar surface area (TPSA) is 66.4 Å². The Morgan fingerprint density at radius 1 is 1.30 bits per heavy atom. The summed E-state index contributed by atoms with van der Waals surface area (Å²) in [6.07, 6.45) is 2.92. The third-order valence-corrected chi connectivity index (χ3v) is 4.15. The molecule has 1 aromatic rings. The number of nitrogens with one attached hydrogen (secondary N) is 1. The van der Waals surface area contributed by atoms with Crippen molar-refractivity contribution in [3.05, 3.63) is 35.4 Å². The number of rotatable bonds is 5. The Hall–Kier alpha value is -1.84. The zero-order valence-corrected chi connectivity index (χ0v) is 11.8. The lowest BCUT2D eigenvalue weighted by atomic mass is 9.96. The molecule has 1 aliphatic carbocycles. The van der Waals surface area contributed by atoms with Crippen LogP contribution >= 0.6 is 0 Å². The summed E-state index contributed by atoms with van der Waals surface area (Å²) in [4.78, 5) is 23.0. The molecule has 4 nitrogen and oxygen atoms in total. The maximum atomic E-state index is 11.9. The molecule has 0 spiro atoms. The molecular formula is C16H21NO3. The number of amides is 1. The Morgan fingerprint density at radius 2 is 2.05 bits per heavy atom. The lowest BCUT2D eigenvalue weighted by Crippen LogP contribution is -2.33. The molecule has 0 saturated heterocycles. The minimum atomic E-state index is -0.736. The highest BCUT2D eigenvalue weighted by molar-refractivity contribution is 5.79. The van der Waals surface area contributed by atoms with E-state index < -0.39 is 5.97 Å². The number of carbonyl (C=O) groups is 2. The van der Waals surface area contributed by atoms with Gasteiger partial charge in [0.15, 0.2) is 0 Å². The molecule has 1 amide bonds. The zero-order chi connectivity index (χ0) is 14.5. The third-order valence-electron chi connectivity index (χ3n) is 4.15. The van der Waals surface area contributed by atoms with Crippen molar-refractivity contribution in [1.29, 1.82) is 0 Å². The number of benzene rings is 1. The number of carboxylic acids is 1. The number of aryl methyl sites for hydroxylation is 1. The maximum absolute atomic E-state index is 11.9. The largest absolute Gasteiger partial charge is 0.481 e. The van der Waals surface area contributed by atoms with Crippen molar-refractivity contribution in [3.8, 4) is 0 Å². The molecule has 0 aliphatic heterocycles. The molecule has 1 aliphatic rings.